The minimum absolute atomic E-state index is 0.149. The number of aliphatic hydroxyl groups excluding tert-OH is 1. The lowest BCUT2D eigenvalue weighted by Gasteiger charge is -2.32. The lowest BCUT2D eigenvalue weighted by molar-refractivity contribution is 0.129. The van der Waals surface area contributed by atoms with Crippen molar-refractivity contribution in [2.45, 2.75) is 45.8 Å². The third kappa shape index (κ3) is 3.15. The smallest absolute Gasteiger partial charge is 0.269 e. The fourth-order valence-electron chi connectivity index (χ4n) is 2.52. The van der Waals surface area contributed by atoms with Crippen molar-refractivity contribution in [1.82, 2.24) is 9.78 Å². The van der Waals surface area contributed by atoms with Gasteiger partial charge in [-0.05, 0) is 32.6 Å². The van der Waals surface area contributed by atoms with Crippen molar-refractivity contribution in [2.24, 2.45) is 5.92 Å². The highest BCUT2D eigenvalue weighted by atomic mass is 16.3. The summed E-state index contributed by atoms with van der Waals surface area (Å²) in [6.07, 6.45) is 3.55. The van der Waals surface area contributed by atoms with Crippen LogP contribution >= 0.6 is 0 Å². The minimum Gasteiger partial charge on any atom is -0.391 e. The van der Waals surface area contributed by atoms with E-state index >= 15 is 0 Å². The maximum Gasteiger partial charge on any atom is 0.269 e. The Kier molecular flexibility index (Phi) is 4.24. The summed E-state index contributed by atoms with van der Waals surface area (Å²) in [5.74, 6) is 0.660. The van der Waals surface area contributed by atoms with Crippen molar-refractivity contribution in [3.05, 3.63) is 22.6 Å². The molecule has 1 saturated heterocycles. The largest absolute Gasteiger partial charge is 0.391 e. The third-order valence-electron chi connectivity index (χ3n) is 3.92. The standard InChI is InChI=1S/C14H23N3O2/c1-10-5-4-6-16(9-10)13-7-14(19)17(15-8-13)11(2)12(3)18/h7-8,10-12,18H,4-6,9H2,1-3H3. The molecule has 106 valence electrons. The molecule has 2 heterocycles. The fourth-order valence-corrected chi connectivity index (χ4v) is 2.52. The van der Waals surface area contributed by atoms with Crippen LogP contribution in [0.5, 0.6) is 0 Å². The molecule has 1 aliphatic rings. The van der Waals surface area contributed by atoms with E-state index in [0.717, 1.165) is 25.2 Å². The van der Waals surface area contributed by atoms with Gasteiger partial charge in [-0.1, -0.05) is 6.92 Å². The molecule has 19 heavy (non-hydrogen) atoms. The zero-order valence-electron chi connectivity index (χ0n) is 11.9. The molecule has 0 aliphatic carbocycles. The number of aromatic nitrogens is 2. The Labute approximate surface area is 113 Å². The van der Waals surface area contributed by atoms with Crippen molar-refractivity contribution in [3.63, 3.8) is 0 Å². The predicted octanol–water partition coefficient (Wildman–Crippen LogP) is 1.42. The Balaban J connectivity index is 2.21. The first-order valence-corrected chi connectivity index (χ1v) is 7.01. The van der Waals surface area contributed by atoms with Gasteiger partial charge >= 0.3 is 0 Å². The van der Waals surface area contributed by atoms with Crippen LogP contribution < -0.4 is 10.5 Å². The highest BCUT2D eigenvalue weighted by Crippen LogP contribution is 2.21. The molecule has 0 aromatic carbocycles. The molecular weight excluding hydrogens is 242 g/mol. The molecule has 1 aromatic heterocycles. The van der Waals surface area contributed by atoms with Gasteiger partial charge in [0.1, 0.15) is 0 Å². The first kappa shape index (κ1) is 14.1. The summed E-state index contributed by atoms with van der Waals surface area (Å²) in [5.41, 5.74) is 0.745. The highest BCUT2D eigenvalue weighted by molar-refractivity contribution is 5.43. The zero-order valence-corrected chi connectivity index (χ0v) is 11.9. The van der Waals surface area contributed by atoms with Gasteiger partial charge in [-0.15, -0.1) is 0 Å². The van der Waals surface area contributed by atoms with Gasteiger partial charge in [0, 0.05) is 19.2 Å². The van der Waals surface area contributed by atoms with Gasteiger partial charge in [0.15, 0.2) is 0 Å². The second kappa shape index (κ2) is 5.74. The first-order valence-electron chi connectivity index (χ1n) is 7.01. The van der Waals surface area contributed by atoms with Gasteiger partial charge in [0.05, 0.1) is 24.0 Å². The van der Waals surface area contributed by atoms with Crippen LogP contribution in [0.3, 0.4) is 0 Å². The molecule has 0 amide bonds. The normalized spacial score (nSPS) is 23.2. The molecule has 3 unspecified atom stereocenters. The summed E-state index contributed by atoms with van der Waals surface area (Å²) >= 11 is 0. The van der Waals surface area contributed by atoms with E-state index in [9.17, 15) is 9.90 Å². The van der Waals surface area contributed by atoms with E-state index in [0.29, 0.717) is 5.92 Å². The van der Waals surface area contributed by atoms with Crippen molar-refractivity contribution in [2.75, 3.05) is 18.0 Å². The van der Waals surface area contributed by atoms with E-state index in [4.69, 9.17) is 0 Å². The van der Waals surface area contributed by atoms with Crippen LogP contribution in [0.2, 0.25) is 0 Å². The zero-order chi connectivity index (χ0) is 14.0. The van der Waals surface area contributed by atoms with Crippen LogP contribution in [-0.2, 0) is 0 Å². The number of hydrogen-bond donors (Lipinski definition) is 1. The summed E-state index contributed by atoms with van der Waals surface area (Å²) in [6, 6.07) is 1.33. The molecule has 3 atom stereocenters. The van der Waals surface area contributed by atoms with Crippen LogP contribution in [0, 0.1) is 5.92 Å². The number of anilines is 1. The van der Waals surface area contributed by atoms with Crippen LogP contribution in [-0.4, -0.2) is 34.1 Å². The molecule has 2 rings (SSSR count). The molecular formula is C14H23N3O2. The summed E-state index contributed by atoms with van der Waals surface area (Å²) in [7, 11) is 0. The predicted molar refractivity (Wildman–Crippen MR) is 75.5 cm³/mol. The van der Waals surface area contributed by atoms with E-state index in [1.165, 1.54) is 11.1 Å². The first-order chi connectivity index (χ1) is 8.99. The van der Waals surface area contributed by atoms with Gasteiger partial charge in [-0.25, -0.2) is 4.68 Å². The Morgan fingerprint density at radius 1 is 1.47 bits per heavy atom. The van der Waals surface area contributed by atoms with Gasteiger partial charge in [-0.2, -0.15) is 5.10 Å². The molecule has 1 aromatic rings. The lowest BCUT2D eigenvalue weighted by atomic mass is 10.00. The molecule has 1 aliphatic heterocycles. The van der Waals surface area contributed by atoms with Gasteiger partial charge in [0.2, 0.25) is 0 Å². The Bertz CT molecular complexity index is 484. The Morgan fingerprint density at radius 2 is 2.21 bits per heavy atom. The SMILES string of the molecule is CC1CCCN(c2cnn(C(C)C(C)O)c(=O)c2)C1. The summed E-state index contributed by atoms with van der Waals surface area (Å²) in [4.78, 5) is 14.3. The van der Waals surface area contributed by atoms with Crippen LogP contribution in [0.4, 0.5) is 5.69 Å². The number of nitrogens with zero attached hydrogens (tertiary/aromatic N) is 3. The minimum atomic E-state index is -0.592. The number of hydrogen-bond acceptors (Lipinski definition) is 4. The number of aliphatic hydroxyl groups is 1. The van der Waals surface area contributed by atoms with E-state index in [-0.39, 0.29) is 11.6 Å². The highest BCUT2D eigenvalue weighted by Gasteiger charge is 2.19. The molecule has 0 saturated carbocycles. The Hall–Kier alpha value is -1.36. The maximum atomic E-state index is 12.1. The maximum absolute atomic E-state index is 12.1. The van der Waals surface area contributed by atoms with Crippen molar-refractivity contribution < 1.29 is 5.11 Å². The average molecular weight is 265 g/mol. The van der Waals surface area contributed by atoms with Crippen LogP contribution in [0.15, 0.2) is 17.1 Å². The van der Waals surface area contributed by atoms with Gasteiger partial charge in [-0.3, -0.25) is 4.79 Å². The van der Waals surface area contributed by atoms with Crippen LogP contribution in [0.1, 0.15) is 39.7 Å². The monoisotopic (exact) mass is 265 g/mol. The van der Waals surface area contributed by atoms with Crippen molar-refractivity contribution >= 4 is 5.69 Å². The molecule has 5 heteroatoms. The van der Waals surface area contributed by atoms with Gasteiger partial charge in [0.25, 0.3) is 5.56 Å². The quantitative estimate of drug-likeness (QED) is 0.898. The molecule has 1 fully saturated rings. The van der Waals surface area contributed by atoms with Crippen LogP contribution in [0.25, 0.3) is 0 Å². The van der Waals surface area contributed by atoms with Crippen molar-refractivity contribution in [3.8, 4) is 0 Å². The molecule has 1 N–H and O–H groups in total. The molecule has 0 spiro atoms. The van der Waals surface area contributed by atoms with E-state index < -0.39 is 6.10 Å². The molecule has 0 radical (unpaired) electrons. The number of piperidine rings is 1. The van der Waals surface area contributed by atoms with E-state index in [1.807, 2.05) is 0 Å². The van der Waals surface area contributed by atoms with Gasteiger partial charge < -0.3 is 10.0 Å². The topological polar surface area (TPSA) is 58.4 Å². The summed E-state index contributed by atoms with van der Waals surface area (Å²) in [6.45, 7) is 7.66. The summed E-state index contributed by atoms with van der Waals surface area (Å²) in [5, 5.41) is 13.7. The average Bonchev–Trinajstić information content (AvgIpc) is 2.37. The molecule has 0 bridgehead atoms. The lowest BCUT2D eigenvalue weighted by Crippen LogP contribution is -2.37. The summed E-state index contributed by atoms with van der Waals surface area (Å²) < 4.78 is 1.35. The van der Waals surface area contributed by atoms with E-state index in [1.54, 1.807) is 26.1 Å². The van der Waals surface area contributed by atoms with Crippen molar-refractivity contribution in [1.29, 1.82) is 0 Å². The number of rotatable bonds is 3. The molecule has 5 nitrogen and oxygen atoms in total. The third-order valence-corrected chi connectivity index (χ3v) is 3.92. The second-order valence-corrected chi connectivity index (χ2v) is 5.67. The fraction of sp³-hybridized carbons (Fsp3) is 0.714. The second-order valence-electron chi connectivity index (χ2n) is 5.67. The van der Waals surface area contributed by atoms with E-state index in [2.05, 4.69) is 16.9 Å². The Morgan fingerprint density at radius 3 is 2.79 bits per heavy atom.